The van der Waals surface area contributed by atoms with E-state index in [1.165, 1.54) is 6.92 Å². The van der Waals surface area contributed by atoms with Crippen LogP contribution < -0.4 is 4.74 Å². The smallest absolute Gasteiger partial charge is 0.212 e. The third-order valence-electron chi connectivity index (χ3n) is 1.52. The maximum Gasteiger partial charge on any atom is 0.212 e. The summed E-state index contributed by atoms with van der Waals surface area (Å²) in [5.41, 5.74) is 0.940. The fraction of sp³-hybridized carbons (Fsp3) is 0.444. The van der Waals surface area contributed by atoms with Crippen molar-refractivity contribution >= 4 is 15.7 Å². The standard InChI is InChI=1S/C9H11B2NO2/c1-9(10,11)14-8-3-2-7(4-5-13)6-12-8/h2-3,6,13H,4-5H2,1H3. The average molecular weight is 187 g/mol. The molecule has 1 N–H and O–H groups in total. The molecular formula is C9H11B2NO2. The van der Waals surface area contributed by atoms with E-state index in [4.69, 9.17) is 25.5 Å². The van der Waals surface area contributed by atoms with Crippen molar-refractivity contribution < 1.29 is 9.84 Å². The number of rotatable bonds is 4. The summed E-state index contributed by atoms with van der Waals surface area (Å²) >= 11 is 0. The summed E-state index contributed by atoms with van der Waals surface area (Å²) < 4.78 is 5.12. The fourth-order valence-corrected chi connectivity index (χ4v) is 0.974. The van der Waals surface area contributed by atoms with E-state index in [2.05, 4.69) is 4.98 Å². The molecule has 3 nitrogen and oxygen atoms in total. The maximum absolute atomic E-state index is 8.68. The van der Waals surface area contributed by atoms with E-state index in [0.717, 1.165) is 5.56 Å². The Balaban J connectivity index is 2.64. The lowest BCUT2D eigenvalue weighted by atomic mass is 9.67. The van der Waals surface area contributed by atoms with Gasteiger partial charge >= 0.3 is 0 Å². The highest BCUT2D eigenvalue weighted by atomic mass is 16.5. The van der Waals surface area contributed by atoms with Crippen LogP contribution in [0.4, 0.5) is 0 Å². The molecule has 0 aliphatic carbocycles. The van der Waals surface area contributed by atoms with Gasteiger partial charge in [-0.25, -0.2) is 4.98 Å². The van der Waals surface area contributed by atoms with Crippen molar-refractivity contribution in [3.8, 4) is 5.88 Å². The van der Waals surface area contributed by atoms with Crippen molar-refractivity contribution in [2.75, 3.05) is 6.61 Å². The Kier molecular flexibility index (Phi) is 3.58. The molecule has 1 rings (SSSR count). The number of pyridine rings is 1. The minimum atomic E-state index is -1.22. The quantitative estimate of drug-likeness (QED) is 0.674. The van der Waals surface area contributed by atoms with Crippen molar-refractivity contribution in [1.29, 1.82) is 0 Å². The van der Waals surface area contributed by atoms with Crippen LogP contribution in [0.5, 0.6) is 5.88 Å². The zero-order valence-electron chi connectivity index (χ0n) is 8.10. The van der Waals surface area contributed by atoms with Crippen LogP contribution in [0.15, 0.2) is 18.3 Å². The second-order valence-corrected chi connectivity index (χ2v) is 3.26. The minimum Gasteiger partial charge on any atom is -0.492 e. The Bertz CT molecular complexity index is 282. The first kappa shape index (κ1) is 11.1. The highest BCUT2D eigenvalue weighted by Crippen LogP contribution is 2.11. The number of nitrogens with zero attached hydrogens (tertiary/aromatic N) is 1. The fourth-order valence-electron chi connectivity index (χ4n) is 0.974. The van der Waals surface area contributed by atoms with Gasteiger partial charge in [0, 0.05) is 24.3 Å². The number of ether oxygens (including phenoxy) is 1. The Labute approximate surface area is 86.3 Å². The molecule has 0 saturated heterocycles. The largest absolute Gasteiger partial charge is 0.492 e. The van der Waals surface area contributed by atoms with Crippen molar-refractivity contribution in [3.05, 3.63) is 23.9 Å². The minimum absolute atomic E-state index is 0.105. The van der Waals surface area contributed by atoms with Gasteiger partial charge in [-0.2, -0.15) is 0 Å². The molecule has 1 aromatic heterocycles. The zero-order chi connectivity index (χ0) is 10.6. The lowest BCUT2D eigenvalue weighted by molar-refractivity contribution is 0.250. The summed E-state index contributed by atoms with van der Waals surface area (Å²) in [5.74, 6) is 0.374. The average Bonchev–Trinajstić information content (AvgIpc) is 2.06. The molecule has 0 atom stereocenters. The Morgan fingerprint density at radius 1 is 1.50 bits per heavy atom. The molecule has 0 saturated carbocycles. The van der Waals surface area contributed by atoms with Crippen LogP contribution in [0.2, 0.25) is 0 Å². The number of aliphatic hydroxyl groups is 1. The number of aromatic nitrogens is 1. The third-order valence-corrected chi connectivity index (χ3v) is 1.52. The topological polar surface area (TPSA) is 42.4 Å². The van der Waals surface area contributed by atoms with Crippen LogP contribution in [0, 0.1) is 0 Å². The van der Waals surface area contributed by atoms with Crippen molar-refractivity contribution in [2.24, 2.45) is 0 Å². The van der Waals surface area contributed by atoms with Gasteiger partial charge in [0.15, 0.2) is 0 Å². The van der Waals surface area contributed by atoms with Crippen LogP contribution in [0.3, 0.4) is 0 Å². The van der Waals surface area contributed by atoms with Gasteiger partial charge in [0.2, 0.25) is 5.88 Å². The molecule has 0 fully saturated rings. The Hall–Kier alpha value is -0.960. The molecule has 14 heavy (non-hydrogen) atoms. The van der Waals surface area contributed by atoms with Gasteiger partial charge in [-0.1, -0.05) is 6.07 Å². The first-order valence-corrected chi connectivity index (χ1v) is 4.34. The molecule has 1 aromatic rings. The first-order chi connectivity index (χ1) is 6.51. The van der Waals surface area contributed by atoms with Gasteiger partial charge in [-0.15, -0.1) is 0 Å². The van der Waals surface area contributed by atoms with Crippen LogP contribution in [-0.4, -0.2) is 37.8 Å². The molecule has 0 bridgehead atoms. The van der Waals surface area contributed by atoms with Gasteiger partial charge in [0.25, 0.3) is 0 Å². The summed E-state index contributed by atoms with van der Waals surface area (Å²) in [6, 6.07) is 3.48. The van der Waals surface area contributed by atoms with E-state index >= 15 is 0 Å². The van der Waals surface area contributed by atoms with E-state index < -0.39 is 5.40 Å². The summed E-state index contributed by atoms with van der Waals surface area (Å²) in [6.45, 7) is 1.64. The Morgan fingerprint density at radius 2 is 2.21 bits per heavy atom. The molecule has 0 unspecified atom stereocenters. The predicted octanol–water partition coefficient (Wildman–Crippen LogP) is 0.00590. The number of hydrogen-bond donors (Lipinski definition) is 1. The van der Waals surface area contributed by atoms with Crippen LogP contribution in [0.1, 0.15) is 12.5 Å². The molecule has 5 heteroatoms. The molecular weight excluding hydrogens is 176 g/mol. The Morgan fingerprint density at radius 3 is 2.64 bits per heavy atom. The second kappa shape index (κ2) is 4.51. The lowest BCUT2D eigenvalue weighted by Crippen LogP contribution is -2.33. The number of hydrogen-bond acceptors (Lipinski definition) is 3. The highest BCUT2D eigenvalue weighted by Gasteiger charge is 2.11. The van der Waals surface area contributed by atoms with Gasteiger partial charge in [0.1, 0.15) is 15.7 Å². The van der Waals surface area contributed by atoms with Crippen molar-refractivity contribution in [3.63, 3.8) is 0 Å². The van der Waals surface area contributed by atoms with Crippen molar-refractivity contribution in [2.45, 2.75) is 18.7 Å². The predicted molar refractivity (Wildman–Crippen MR) is 55.6 cm³/mol. The van der Waals surface area contributed by atoms with Crippen molar-refractivity contribution in [1.82, 2.24) is 4.98 Å². The molecule has 4 radical (unpaired) electrons. The molecule has 0 spiro atoms. The summed E-state index contributed by atoms with van der Waals surface area (Å²) in [5, 5.41) is 7.46. The molecule has 0 amide bonds. The SMILES string of the molecule is [B]C([B])(C)Oc1ccc(CCO)cn1. The van der Waals surface area contributed by atoms with E-state index in [1.807, 2.05) is 6.07 Å². The highest BCUT2D eigenvalue weighted by molar-refractivity contribution is 6.38. The molecule has 70 valence electrons. The summed E-state index contributed by atoms with van der Waals surface area (Å²) in [4.78, 5) is 3.99. The molecule has 0 aliphatic heterocycles. The monoisotopic (exact) mass is 187 g/mol. The van der Waals surface area contributed by atoms with E-state index in [0.29, 0.717) is 12.3 Å². The van der Waals surface area contributed by atoms with E-state index in [-0.39, 0.29) is 6.61 Å². The maximum atomic E-state index is 8.68. The van der Waals surface area contributed by atoms with E-state index in [9.17, 15) is 0 Å². The summed E-state index contributed by atoms with van der Waals surface area (Å²) in [7, 11) is 10.9. The molecule has 1 heterocycles. The van der Waals surface area contributed by atoms with E-state index in [1.54, 1.807) is 12.3 Å². The molecule has 0 aromatic carbocycles. The number of aliphatic hydroxyl groups excluding tert-OH is 1. The third kappa shape index (κ3) is 3.83. The van der Waals surface area contributed by atoms with Crippen LogP contribution in [0.25, 0.3) is 0 Å². The van der Waals surface area contributed by atoms with Gasteiger partial charge < -0.3 is 9.84 Å². The lowest BCUT2D eigenvalue weighted by Gasteiger charge is -2.21. The van der Waals surface area contributed by atoms with Crippen LogP contribution >= 0.6 is 0 Å². The first-order valence-electron chi connectivity index (χ1n) is 4.34. The van der Waals surface area contributed by atoms with Crippen LogP contribution in [-0.2, 0) is 6.42 Å². The van der Waals surface area contributed by atoms with Gasteiger partial charge in [0.05, 0.1) is 0 Å². The molecule has 0 aliphatic rings. The second-order valence-electron chi connectivity index (χ2n) is 3.26. The zero-order valence-corrected chi connectivity index (χ0v) is 8.10. The van der Waals surface area contributed by atoms with Gasteiger partial charge in [-0.05, 0) is 18.9 Å². The summed E-state index contributed by atoms with van der Waals surface area (Å²) in [6.07, 6.45) is 2.20. The normalized spacial score (nSPS) is 11.3. The van der Waals surface area contributed by atoms with Gasteiger partial charge in [-0.3, -0.25) is 0 Å².